The Hall–Kier alpha value is -2.56. The van der Waals surface area contributed by atoms with Crippen molar-refractivity contribution in [3.8, 4) is 5.75 Å². The van der Waals surface area contributed by atoms with E-state index < -0.39 is 5.82 Å². The number of methoxy groups -OCH3 is 1. The van der Waals surface area contributed by atoms with Crippen LogP contribution in [0.2, 0.25) is 0 Å². The number of halogens is 1. The second-order valence-corrected chi connectivity index (χ2v) is 5.04. The van der Waals surface area contributed by atoms with E-state index in [1.54, 1.807) is 11.0 Å². The highest BCUT2D eigenvalue weighted by Crippen LogP contribution is 2.27. The van der Waals surface area contributed by atoms with Crippen molar-refractivity contribution in [3.63, 3.8) is 0 Å². The van der Waals surface area contributed by atoms with Crippen molar-refractivity contribution >= 4 is 11.6 Å². The molecule has 4 nitrogen and oxygen atoms in total. The highest BCUT2D eigenvalue weighted by atomic mass is 19.1. The lowest BCUT2D eigenvalue weighted by molar-refractivity contribution is 0.0751. The van der Waals surface area contributed by atoms with Crippen LogP contribution >= 0.6 is 0 Å². The summed E-state index contributed by atoms with van der Waals surface area (Å²) in [7, 11) is 1.39. The Morgan fingerprint density at radius 3 is 2.67 bits per heavy atom. The molecule has 2 aromatic rings. The zero-order valence-corrected chi connectivity index (χ0v) is 11.6. The average molecular weight is 286 g/mol. The molecule has 0 unspecified atom stereocenters. The molecular weight excluding hydrogens is 271 g/mol. The Balaban J connectivity index is 1.83. The lowest BCUT2D eigenvalue weighted by atomic mass is 10.1. The lowest BCUT2D eigenvalue weighted by Crippen LogP contribution is -2.25. The molecule has 2 N–H and O–H groups in total. The fourth-order valence-corrected chi connectivity index (χ4v) is 2.54. The molecule has 0 aliphatic carbocycles. The third-order valence-electron chi connectivity index (χ3n) is 3.64. The summed E-state index contributed by atoms with van der Waals surface area (Å²) in [6.45, 7) is 1.01. The molecule has 0 fully saturated rings. The van der Waals surface area contributed by atoms with Gasteiger partial charge in [0.2, 0.25) is 0 Å². The molecule has 1 aliphatic rings. The summed E-state index contributed by atoms with van der Waals surface area (Å²) in [6, 6.07) is 9.85. The van der Waals surface area contributed by atoms with Gasteiger partial charge in [-0.1, -0.05) is 6.07 Å². The third kappa shape index (κ3) is 2.42. The second kappa shape index (κ2) is 5.09. The summed E-state index contributed by atoms with van der Waals surface area (Å²) >= 11 is 0. The second-order valence-electron chi connectivity index (χ2n) is 5.04. The molecule has 5 heteroatoms. The summed E-state index contributed by atoms with van der Waals surface area (Å²) < 4.78 is 18.6. The zero-order chi connectivity index (χ0) is 15.0. The molecule has 0 radical (unpaired) electrons. The van der Waals surface area contributed by atoms with Crippen molar-refractivity contribution in [1.29, 1.82) is 0 Å². The molecule has 0 saturated carbocycles. The predicted octanol–water partition coefficient (Wildman–Crippen LogP) is 2.57. The van der Waals surface area contributed by atoms with Gasteiger partial charge in [0, 0.05) is 24.3 Å². The minimum Gasteiger partial charge on any atom is -0.494 e. The van der Waals surface area contributed by atoms with Gasteiger partial charge in [-0.05, 0) is 41.5 Å². The van der Waals surface area contributed by atoms with Crippen LogP contribution in [0.3, 0.4) is 0 Å². The largest absolute Gasteiger partial charge is 0.494 e. The van der Waals surface area contributed by atoms with E-state index in [9.17, 15) is 9.18 Å². The summed E-state index contributed by atoms with van der Waals surface area (Å²) in [5, 5.41) is 0. The first-order valence-electron chi connectivity index (χ1n) is 6.58. The van der Waals surface area contributed by atoms with Crippen LogP contribution in [0.15, 0.2) is 36.4 Å². The number of nitrogen functional groups attached to an aromatic ring is 1. The number of ether oxygens (including phenoxy) is 1. The van der Waals surface area contributed by atoms with Crippen LogP contribution in [0.5, 0.6) is 5.75 Å². The van der Waals surface area contributed by atoms with E-state index in [1.807, 2.05) is 18.2 Å². The quantitative estimate of drug-likeness (QED) is 0.863. The van der Waals surface area contributed by atoms with Gasteiger partial charge in [-0.2, -0.15) is 0 Å². The van der Waals surface area contributed by atoms with E-state index in [2.05, 4.69) is 0 Å². The van der Waals surface area contributed by atoms with Gasteiger partial charge in [-0.3, -0.25) is 4.79 Å². The number of benzene rings is 2. The molecule has 0 bridgehead atoms. The van der Waals surface area contributed by atoms with Crippen LogP contribution in [0, 0.1) is 5.82 Å². The van der Waals surface area contributed by atoms with Crippen LogP contribution < -0.4 is 10.5 Å². The van der Waals surface area contributed by atoms with Gasteiger partial charge in [-0.15, -0.1) is 0 Å². The van der Waals surface area contributed by atoms with Crippen molar-refractivity contribution in [2.75, 3.05) is 12.8 Å². The van der Waals surface area contributed by atoms with Crippen LogP contribution in [0.1, 0.15) is 21.5 Å². The van der Waals surface area contributed by atoms with Crippen LogP contribution in [0.4, 0.5) is 10.1 Å². The minimum atomic E-state index is -0.538. The maximum atomic E-state index is 13.7. The minimum absolute atomic E-state index is 0.129. The molecule has 0 spiro atoms. The van der Waals surface area contributed by atoms with E-state index in [4.69, 9.17) is 10.5 Å². The summed E-state index contributed by atoms with van der Waals surface area (Å²) in [6.07, 6.45) is 0. The first-order chi connectivity index (χ1) is 10.1. The van der Waals surface area contributed by atoms with Crippen molar-refractivity contribution in [2.45, 2.75) is 13.1 Å². The number of nitrogens with two attached hydrogens (primary N) is 1. The number of fused-ring (bicyclic) bond motifs is 1. The molecule has 3 rings (SSSR count). The smallest absolute Gasteiger partial charge is 0.254 e. The van der Waals surface area contributed by atoms with Gasteiger partial charge in [0.25, 0.3) is 5.91 Å². The van der Waals surface area contributed by atoms with E-state index in [0.717, 1.165) is 11.1 Å². The fraction of sp³-hybridized carbons (Fsp3) is 0.188. The van der Waals surface area contributed by atoms with Gasteiger partial charge in [0.05, 0.1) is 7.11 Å². The van der Waals surface area contributed by atoms with E-state index in [-0.39, 0.29) is 11.7 Å². The third-order valence-corrected chi connectivity index (χ3v) is 3.64. The van der Waals surface area contributed by atoms with Gasteiger partial charge in [-0.25, -0.2) is 4.39 Å². The van der Waals surface area contributed by atoms with Crippen LogP contribution in [-0.4, -0.2) is 17.9 Å². The summed E-state index contributed by atoms with van der Waals surface area (Å²) in [4.78, 5) is 14.1. The Morgan fingerprint density at radius 1 is 1.19 bits per heavy atom. The van der Waals surface area contributed by atoms with Crippen LogP contribution in [-0.2, 0) is 13.1 Å². The van der Waals surface area contributed by atoms with Gasteiger partial charge in [0.15, 0.2) is 11.6 Å². The number of carbonyl (C=O) groups excluding carboxylic acids is 1. The van der Waals surface area contributed by atoms with Crippen LogP contribution in [0.25, 0.3) is 0 Å². The number of hydrogen-bond donors (Lipinski definition) is 1. The van der Waals surface area contributed by atoms with E-state index >= 15 is 0 Å². The van der Waals surface area contributed by atoms with Crippen molar-refractivity contribution in [1.82, 2.24) is 4.90 Å². The highest BCUT2D eigenvalue weighted by molar-refractivity contribution is 5.94. The molecule has 1 aliphatic heterocycles. The Kier molecular flexibility index (Phi) is 3.25. The van der Waals surface area contributed by atoms with Crippen molar-refractivity contribution < 1.29 is 13.9 Å². The van der Waals surface area contributed by atoms with E-state index in [0.29, 0.717) is 24.3 Å². The molecule has 21 heavy (non-hydrogen) atoms. The standard InChI is InChI=1S/C16H15FN2O2/c1-21-15-5-3-10(7-14(15)17)16(20)19-8-11-2-4-13(18)6-12(11)9-19/h2-7H,8-9,18H2,1H3. The highest BCUT2D eigenvalue weighted by Gasteiger charge is 2.24. The zero-order valence-electron chi connectivity index (χ0n) is 11.6. The van der Waals surface area contributed by atoms with Gasteiger partial charge < -0.3 is 15.4 Å². The monoisotopic (exact) mass is 286 g/mol. The molecule has 1 amide bonds. The number of carbonyl (C=O) groups is 1. The summed E-state index contributed by atoms with van der Waals surface area (Å²) in [5.74, 6) is -0.611. The average Bonchev–Trinajstić information content (AvgIpc) is 2.89. The molecule has 2 aromatic carbocycles. The first-order valence-corrected chi connectivity index (χ1v) is 6.58. The molecule has 1 heterocycles. The molecule has 0 aromatic heterocycles. The number of anilines is 1. The predicted molar refractivity (Wildman–Crippen MR) is 77.4 cm³/mol. The molecule has 0 saturated heterocycles. The Bertz CT molecular complexity index is 715. The van der Waals surface area contributed by atoms with Crippen molar-refractivity contribution in [2.24, 2.45) is 0 Å². The number of nitrogens with zero attached hydrogens (tertiary/aromatic N) is 1. The topological polar surface area (TPSA) is 55.6 Å². The normalized spacial score (nSPS) is 13.1. The maximum absolute atomic E-state index is 13.7. The maximum Gasteiger partial charge on any atom is 0.254 e. The molecular formula is C16H15FN2O2. The summed E-state index contributed by atoms with van der Waals surface area (Å²) in [5.41, 5.74) is 8.86. The number of amides is 1. The molecule has 0 atom stereocenters. The van der Waals surface area contributed by atoms with E-state index in [1.165, 1.54) is 19.2 Å². The number of rotatable bonds is 2. The first kappa shape index (κ1) is 13.4. The van der Waals surface area contributed by atoms with Crippen molar-refractivity contribution in [3.05, 3.63) is 58.9 Å². The lowest BCUT2D eigenvalue weighted by Gasteiger charge is -2.15. The van der Waals surface area contributed by atoms with Gasteiger partial charge in [0.1, 0.15) is 0 Å². The SMILES string of the molecule is COc1ccc(C(=O)N2Cc3ccc(N)cc3C2)cc1F. The van der Waals surface area contributed by atoms with Gasteiger partial charge >= 0.3 is 0 Å². The molecule has 108 valence electrons. The fourth-order valence-electron chi connectivity index (χ4n) is 2.54. The Labute approximate surface area is 121 Å². The Morgan fingerprint density at radius 2 is 1.95 bits per heavy atom. The number of hydrogen-bond acceptors (Lipinski definition) is 3.